The third kappa shape index (κ3) is 30.5. The predicted molar refractivity (Wildman–Crippen MR) is 317 cm³/mol. The fourth-order valence-electron chi connectivity index (χ4n) is 9.78. The number of carboxylic acid groups (broad SMARTS) is 4. The van der Waals surface area contributed by atoms with Crippen molar-refractivity contribution in [3.8, 4) is 0 Å². The largest absolute Gasteiger partial charge is 0.481 e. The topological polar surface area (TPSA) is 394 Å². The number of hydrogen-bond donors (Lipinski definition) is 9. The Morgan fingerprint density at radius 1 is 0.494 bits per heavy atom. The molecular weight excluding hydrogens is 1160 g/mol. The number of benzene rings is 3. The maximum absolute atomic E-state index is 14.5. The van der Waals surface area contributed by atoms with E-state index < -0.39 is 108 Å². The van der Waals surface area contributed by atoms with E-state index in [0.29, 0.717) is 5.56 Å². The molecule has 1 aliphatic rings. The van der Waals surface area contributed by atoms with E-state index in [4.69, 9.17) is 9.84 Å². The highest BCUT2D eigenvalue weighted by atomic mass is 16.5. The van der Waals surface area contributed by atoms with Crippen LogP contribution in [0, 0.1) is 11.8 Å². The molecule has 1 fully saturated rings. The van der Waals surface area contributed by atoms with Crippen LogP contribution in [0.25, 0.3) is 0 Å². The van der Waals surface area contributed by atoms with E-state index in [1.807, 2.05) is 0 Å². The monoisotopic (exact) mass is 1240 g/mol. The average Bonchev–Trinajstić information content (AvgIpc) is 3.66. The first-order valence-electron chi connectivity index (χ1n) is 29.2. The molecule has 28 heteroatoms. The minimum Gasteiger partial charge on any atom is -0.481 e. The first kappa shape index (κ1) is 72.5. The summed E-state index contributed by atoms with van der Waals surface area (Å²) in [5.74, 6) is -9.80. The van der Waals surface area contributed by atoms with Gasteiger partial charge in [-0.3, -0.25) is 72.3 Å². The van der Waals surface area contributed by atoms with Crippen molar-refractivity contribution in [2.75, 3.05) is 91.8 Å². The number of carbonyl (C=O) groups excluding carboxylic acids is 9. The predicted octanol–water partition coefficient (Wildman–Crippen LogP) is 0.350. The lowest BCUT2D eigenvalue weighted by atomic mass is 9.89. The Morgan fingerprint density at radius 2 is 0.989 bits per heavy atom. The normalized spacial score (nSPS) is 15.3. The van der Waals surface area contributed by atoms with Gasteiger partial charge in [0.05, 0.1) is 38.6 Å². The molecule has 9 N–H and O–H groups in total. The molecule has 0 aliphatic carbocycles. The molecule has 3 aromatic rings. The first-order chi connectivity index (χ1) is 42.7. The minimum atomic E-state index is -1.59. The molecule has 484 valence electrons. The fraction of sp³-hybridized carbons (Fsp3) is 0.492. The summed E-state index contributed by atoms with van der Waals surface area (Å²) in [7, 11) is 0. The van der Waals surface area contributed by atoms with Gasteiger partial charge in [-0.15, -0.1) is 0 Å². The summed E-state index contributed by atoms with van der Waals surface area (Å²) in [6.45, 7) is 0.753. The lowest BCUT2D eigenvalue weighted by Gasteiger charge is -2.33. The Morgan fingerprint density at radius 3 is 1.48 bits per heavy atom. The maximum Gasteiger partial charge on any atom is 0.326 e. The van der Waals surface area contributed by atoms with Crippen LogP contribution in [0.15, 0.2) is 91.0 Å². The lowest BCUT2D eigenvalue weighted by molar-refractivity contribution is -0.141. The number of urea groups is 1. The van der Waals surface area contributed by atoms with Gasteiger partial charge in [0.15, 0.2) is 17.8 Å². The van der Waals surface area contributed by atoms with Crippen LogP contribution >= 0.6 is 0 Å². The Bertz CT molecular complexity index is 2800. The molecule has 89 heavy (non-hydrogen) atoms. The van der Waals surface area contributed by atoms with Gasteiger partial charge >= 0.3 is 29.9 Å². The number of amides is 5. The molecule has 0 bridgehead atoms. The van der Waals surface area contributed by atoms with E-state index in [0.717, 1.165) is 11.1 Å². The van der Waals surface area contributed by atoms with Gasteiger partial charge in [-0.2, -0.15) is 0 Å². The summed E-state index contributed by atoms with van der Waals surface area (Å²) in [6.07, 6.45) is -3.19. The number of ketones is 3. The zero-order valence-corrected chi connectivity index (χ0v) is 49.6. The van der Waals surface area contributed by atoms with Crippen LogP contribution in [-0.2, 0) is 86.3 Å². The highest BCUT2D eigenvalue weighted by Gasteiger charge is 2.31. The molecule has 0 aromatic heterocycles. The fourth-order valence-corrected chi connectivity index (χ4v) is 9.78. The van der Waals surface area contributed by atoms with Crippen LogP contribution in [0.3, 0.4) is 0 Å². The second-order valence-electron chi connectivity index (χ2n) is 21.5. The quantitative estimate of drug-likeness (QED) is 0.0211. The number of carboxylic acids is 4. The highest BCUT2D eigenvalue weighted by Crippen LogP contribution is 2.19. The second kappa shape index (κ2) is 40.5. The van der Waals surface area contributed by atoms with Gasteiger partial charge in [-0.05, 0) is 48.8 Å². The van der Waals surface area contributed by atoms with Gasteiger partial charge < -0.3 is 56.5 Å². The second-order valence-corrected chi connectivity index (χ2v) is 21.5. The molecule has 1 aliphatic heterocycles. The third-order valence-corrected chi connectivity index (χ3v) is 14.5. The van der Waals surface area contributed by atoms with Crippen LogP contribution in [0.5, 0.6) is 0 Å². The third-order valence-electron chi connectivity index (χ3n) is 14.5. The molecule has 0 unspecified atom stereocenters. The van der Waals surface area contributed by atoms with E-state index in [9.17, 15) is 77.6 Å². The van der Waals surface area contributed by atoms with Gasteiger partial charge in [0, 0.05) is 103 Å². The zero-order valence-electron chi connectivity index (χ0n) is 49.6. The van der Waals surface area contributed by atoms with Crippen molar-refractivity contribution < 1.29 is 92.2 Å². The Hall–Kier alpha value is -8.99. The van der Waals surface area contributed by atoms with Gasteiger partial charge in [0.1, 0.15) is 18.6 Å². The summed E-state index contributed by atoms with van der Waals surface area (Å²) >= 11 is 0. The Balaban J connectivity index is 1.39. The Kier molecular flexibility index (Phi) is 33.0. The van der Waals surface area contributed by atoms with Crippen molar-refractivity contribution in [1.82, 2.24) is 46.2 Å². The molecule has 0 spiro atoms. The van der Waals surface area contributed by atoms with E-state index >= 15 is 0 Å². The van der Waals surface area contributed by atoms with Crippen LogP contribution in [0.4, 0.5) is 4.79 Å². The van der Waals surface area contributed by atoms with E-state index in [-0.39, 0.29) is 162 Å². The van der Waals surface area contributed by atoms with Crippen LogP contribution in [0.2, 0.25) is 0 Å². The number of nitrogens with one attached hydrogen (secondary N) is 5. The van der Waals surface area contributed by atoms with Gasteiger partial charge in [0.2, 0.25) is 17.7 Å². The number of Topliss-reactive ketones (excluding diaryl/α,β-unsaturated/α-hetero) is 3. The summed E-state index contributed by atoms with van der Waals surface area (Å²) in [4.78, 5) is 171. The van der Waals surface area contributed by atoms with Crippen LogP contribution in [0.1, 0.15) is 68.1 Å². The number of hydrogen-bond acceptors (Lipinski definition) is 19. The summed E-state index contributed by atoms with van der Waals surface area (Å²) in [6, 6.07) is 22.9. The highest BCUT2D eigenvalue weighted by molar-refractivity contribution is 5.94. The van der Waals surface area contributed by atoms with Gasteiger partial charge in [-0.25, -0.2) is 9.59 Å². The van der Waals surface area contributed by atoms with E-state index in [1.165, 1.54) is 0 Å². The average molecular weight is 1240 g/mol. The van der Waals surface area contributed by atoms with E-state index in [1.54, 1.807) is 111 Å². The summed E-state index contributed by atoms with van der Waals surface area (Å²) < 4.78 is 9.70. The number of rotatable bonds is 40. The SMILES string of the molecule is O=COCN1CCN(CC(=O)O)CCN(CC(=O)O)CCN(CC(=O)N[C@@H](Cc2ccccc2)C(=O)C[C@@H](Cc2ccccc2)C(=O)NCC(=O)CCCNC(=O)[C@@H](CC(=O)CC[C@H](NC(=O)N[C@@H](CCC(=O)O)OC=O)C(=O)O)Cc2ccccc2)CC1. The number of aliphatic carboxylic acids is 4. The van der Waals surface area contributed by atoms with Crippen molar-refractivity contribution in [3.63, 3.8) is 0 Å². The standard InChI is InChI=1S/C61H81N9O19/c71-41-88-40-70-29-27-67(23-24-68(38-56(79)80)25-26-69(28-30-70)39-57(81)82)37-53(76)64-51(33-45-15-8-3-9-16-45)52(75)35-47(32-44-13-6-2-7-14-44)59(84)63-36-49(74)17-10-22-62-58(83)46(31-43-11-4-1-5-12-43)34-48(73)18-19-50(60(85)86)65-61(87)66-54(89-42-72)20-21-55(77)78/h1-9,11-16,41-42,46-47,50-51,54H,10,17-40H2,(H,62,83)(H,63,84)(H,64,76)(H,77,78)(H,79,80)(H,81,82)(H,85,86)(H2,65,66,87)/t46-,47-,50+,51+,54-/m1/s1. The molecule has 1 saturated heterocycles. The summed E-state index contributed by atoms with van der Waals surface area (Å²) in [5, 5.41) is 50.6. The first-order valence-corrected chi connectivity index (χ1v) is 29.2. The Labute approximate surface area is 515 Å². The molecule has 28 nitrogen and oxygen atoms in total. The van der Waals surface area contributed by atoms with Crippen molar-refractivity contribution >= 4 is 77.9 Å². The molecular formula is C61H81N9O19. The van der Waals surface area contributed by atoms with Gasteiger partial charge in [0.25, 0.3) is 12.9 Å². The smallest absolute Gasteiger partial charge is 0.326 e. The summed E-state index contributed by atoms with van der Waals surface area (Å²) in [5.41, 5.74) is 2.17. The van der Waals surface area contributed by atoms with Gasteiger partial charge in [-0.1, -0.05) is 91.0 Å². The molecule has 0 saturated carbocycles. The van der Waals surface area contributed by atoms with Crippen molar-refractivity contribution in [2.24, 2.45) is 11.8 Å². The zero-order chi connectivity index (χ0) is 64.9. The minimum absolute atomic E-state index is 0.00380. The number of carbonyl (C=O) groups is 13. The van der Waals surface area contributed by atoms with Crippen LogP contribution in [-0.4, -0.2) is 228 Å². The molecule has 3 aromatic carbocycles. The molecule has 1 heterocycles. The number of nitrogens with zero attached hydrogens (tertiary/aromatic N) is 4. The number of ether oxygens (including phenoxy) is 2. The molecule has 4 rings (SSSR count). The maximum atomic E-state index is 14.5. The van der Waals surface area contributed by atoms with Crippen molar-refractivity contribution in [1.29, 1.82) is 0 Å². The van der Waals surface area contributed by atoms with Crippen molar-refractivity contribution in [3.05, 3.63) is 108 Å². The lowest BCUT2D eigenvalue weighted by Crippen LogP contribution is -2.51. The van der Waals surface area contributed by atoms with Crippen LogP contribution < -0.4 is 26.6 Å². The molecule has 5 amide bonds. The van der Waals surface area contributed by atoms with E-state index in [2.05, 4.69) is 31.3 Å². The molecule has 5 atom stereocenters. The van der Waals surface area contributed by atoms with Crippen molar-refractivity contribution in [2.45, 2.75) is 88.9 Å². The molecule has 0 radical (unpaired) electrons.